The van der Waals surface area contributed by atoms with Crippen LogP contribution >= 0.6 is 0 Å². The molecule has 9 nitrogen and oxygen atoms in total. The summed E-state index contributed by atoms with van der Waals surface area (Å²) in [6.07, 6.45) is 0. The number of imidazole rings is 1. The van der Waals surface area contributed by atoms with Crippen molar-refractivity contribution < 1.29 is 14.1 Å². The van der Waals surface area contributed by atoms with E-state index in [9.17, 15) is 9.59 Å². The number of aryl methyl sites for hydroxylation is 1. The average Bonchev–Trinajstić information content (AvgIpc) is 3.56. The first-order chi connectivity index (χ1) is 18.9. The molecule has 0 N–H and O–H groups in total. The molecule has 2 heterocycles. The molecule has 0 saturated heterocycles. The zero-order chi connectivity index (χ0) is 27.4. The standard InChI is InChI=1S/C30H30N6O3/c1-4-35(20-27(37)34(3)18-23-14-16-24(17-15-23)28-31-21(2)39-33-28)30(38)29-32-25-12-8-9-13-26(25)36(29)19-22-10-6-5-7-11-22/h5-17H,4,18-20H2,1-3H3. The number of hydrogen-bond donors (Lipinski definition) is 0. The number of hydrogen-bond acceptors (Lipinski definition) is 6. The molecule has 0 aliphatic carbocycles. The molecular formula is C30H30N6O3. The van der Waals surface area contributed by atoms with Gasteiger partial charge in [0.25, 0.3) is 5.91 Å². The van der Waals surface area contributed by atoms with Gasteiger partial charge in [0, 0.05) is 39.2 Å². The normalized spacial score (nSPS) is 11.1. The lowest BCUT2D eigenvalue weighted by Crippen LogP contribution is -2.42. The number of aromatic nitrogens is 4. The van der Waals surface area contributed by atoms with Crippen molar-refractivity contribution in [2.75, 3.05) is 20.1 Å². The highest BCUT2D eigenvalue weighted by atomic mass is 16.5. The number of benzene rings is 3. The van der Waals surface area contributed by atoms with Crippen molar-refractivity contribution in [2.24, 2.45) is 0 Å². The first kappa shape index (κ1) is 25.8. The Morgan fingerprint density at radius 1 is 0.897 bits per heavy atom. The Bertz CT molecular complexity index is 1590. The van der Waals surface area contributed by atoms with Crippen LogP contribution in [0.5, 0.6) is 0 Å². The Kier molecular flexibility index (Phi) is 7.49. The SMILES string of the molecule is CCN(CC(=O)N(C)Cc1ccc(-c2noc(C)n2)cc1)C(=O)c1nc2ccccc2n1Cc1ccccc1. The minimum atomic E-state index is -0.272. The molecule has 0 atom stereocenters. The number of carbonyl (C=O) groups is 2. The summed E-state index contributed by atoms with van der Waals surface area (Å²) in [6, 6.07) is 25.3. The number of nitrogens with zero attached hydrogens (tertiary/aromatic N) is 6. The smallest absolute Gasteiger partial charge is 0.290 e. The lowest BCUT2D eigenvalue weighted by Gasteiger charge is -2.24. The monoisotopic (exact) mass is 522 g/mol. The Balaban J connectivity index is 1.30. The highest BCUT2D eigenvalue weighted by Gasteiger charge is 2.25. The quantitative estimate of drug-likeness (QED) is 0.281. The van der Waals surface area contributed by atoms with E-state index in [1.165, 1.54) is 0 Å². The Morgan fingerprint density at radius 2 is 1.62 bits per heavy atom. The van der Waals surface area contributed by atoms with Crippen molar-refractivity contribution in [2.45, 2.75) is 26.9 Å². The Labute approximate surface area is 226 Å². The van der Waals surface area contributed by atoms with Gasteiger partial charge < -0.3 is 18.9 Å². The van der Waals surface area contributed by atoms with Gasteiger partial charge in [-0.15, -0.1) is 0 Å². The maximum absolute atomic E-state index is 13.7. The minimum Gasteiger partial charge on any atom is -0.340 e. The van der Waals surface area contributed by atoms with Crippen LogP contribution in [0, 0.1) is 6.92 Å². The minimum absolute atomic E-state index is 0.0411. The third-order valence-corrected chi connectivity index (χ3v) is 6.61. The van der Waals surface area contributed by atoms with Gasteiger partial charge in [-0.1, -0.05) is 71.9 Å². The van der Waals surface area contributed by atoms with E-state index in [2.05, 4.69) is 15.1 Å². The molecule has 0 saturated carbocycles. The fourth-order valence-corrected chi connectivity index (χ4v) is 4.46. The number of rotatable bonds is 9. The van der Waals surface area contributed by atoms with Gasteiger partial charge in [-0.05, 0) is 30.2 Å². The van der Waals surface area contributed by atoms with Crippen molar-refractivity contribution in [1.82, 2.24) is 29.5 Å². The number of para-hydroxylation sites is 2. The number of carbonyl (C=O) groups excluding carboxylic acids is 2. The summed E-state index contributed by atoms with van der Waals surface area (Å²) >= 11 is 0. The summed E-state index contributed by atoms with van der Waals surface area (Å²) in [4.78, 5) is 38.9. The third-order valence-electron chi connectivity index (χ3n) is 6.61. The van der Waals surface area contributed by atoms with Gasteiger partial charge in [0.2, 0.25) is 23.4 Å². The average molecular weight is 523 g/mol. The predicted molar refractivity (Wildman–Crippen MR) is 148 cm³/mol. The molecule has 0 aliphatic rings. The van der Waals surface area contributed by atoms with Crippen LogP contribution in [-0.2, 0) is 17.9 Å². The van der Waals surface area contributed by atoms with Crippen LogP contribution in [0.3, 0.4) is 0 Å². The van der Waals surface area contributed by atoms with Gasteiger partial charge in [0.15, 0.2) is 0 Å². The molecule has 0 fully saturated rings. The summed E-state index contributed by atoms with van der Waals surface area (Å²) in [5, 5.41) is 3.94. The maximum Gasteiger partial charge on any atom is 0.290 e. The van der Waals surface area contributed by atoms with Gasteiger partial charge in [-0.2, -0.15) is 4.98 Å². The largest absolute Gasteiger partial charge is 0.340 e. The molecule has 5 aromatic rings. The van der Waals surface area contributed by atoms with E-state index in [4.69, 9.17) is 4.52 Å². The van der Waals surface area contributed by atoms with Gasteiger partial charge in [0.05, 0.1) is 11.0 Å². The second-order valence-electron chi connectivity index (χ2n) is 9.40. The molecule has 9 heteroatoms. The van der Waals surface area contributed by atoms with E-state index in [-0.39, 0.29) is 18.4 Å². The van der Waals surface area contributed by atoms with Crippen LogP contribution in [0.2, 0.25) is 0 Å². The molecule has 0 aliphatic heterocycles. The molecule has 39 heavy (non-hydrogen) atoms. The van der Waals surface area contributed by atoms with E-state index in [1.54, 1.807) is 23.8 Å². The van der Waals surface area contributed by atoms with Crippen LogP contribution in [-0.4, -0.2) is 61.4 Å². The molecule has 2 aromatic heterocycles. The second kappa shape index (κ2) is 11.3. The van der Waals surface area contributed by atoms with Crippen LogP contribution < -0.4 is 0 Å². The molecule has 0 bridgehead atoms. The first-order valence-electron chi connectivity index (χ1n) is 12.8. The fraction of sp³-hybridized carbons (Fsp3) is 0.233. The predicted octanol–water partition coefficient (Wildman–Crippen LogP) is 4.56. The van der Waals surface area contributed by atoms with Crippen LogP contribution in [0.15, 0.2) is 83.4 Å². The lowest BCUT2D eigenvalue weighted by atomic mass is 10.1. The van der Waals surface area contributed by atoms with E-state index in [0.717, 1.165) is 27.7 Å². The Morgan fingerprint density at radius 3 is 2.31 bits per heavy atom. The summed E-state index contributed by atoms with van der Waals surface area (Å²) in [5.74, 6) is 0.925. The summed E-state index contributed by atoms with van der Waals surface area (Å²) in [6.45, 7) is 4.87. The molecule has 5 rings (SSSR count). The maximum atomic E-state index is 13.7. The van der Waals surface area contributed by atoms with Gasteiger partial charge in [-0.25, -0.2) is 4.98 Å². The number of fused-ring (bicyclic) bond motifs is 1. The van der Waals surface area contributed by atoms with Crippen LogP contribution in [0.1, 0.15) is 34.6 Å². The van der Waals surface area contributed by atoms with E-state index in [1.807, 2.05) is 90.4 Å². The zero-order valence-electron chi connectivity index (χ0n) is 22.2. The van der Waals surface area contributed by atoms with Gasteiger partial charge in [0.1, 0.15) is 6.54 Å². The molecule has 198 valence electrons. The summed E-state index contributed by atoms with van der Waals surface area (Å²) < 4.78 is 6.97. The van der Waals surface area contributed by atoms with Crippen molar-refractivity contribution >= 4 is 22.8 Å². The second-order valence-corrected chi connectivity index (χ2v) is 9.40. The highest BCUT2D eigenvalue weighted by Crippen LogP contribution is 2.20. The number of amides is 2. The summed E-state index contributed by atoms with van der Waals surface area (Å²) in [5.41, 5.74) is 4.48. The number of likely N-dealkylation sites (N-methyl/N-ethyl adjacent to an activating group) is 2. The first-order valence-corrected chi connectivity index (χ1v) is 12.8. The zero-order valence-corrected chi connectivity index (χ0v) is 22.2. The molecule has 0 spiro atoms. The lowest BCUT2D eigenvalue weighted by molar-refractivity contribution is -0.131. The summed E-state index contributed by atoms with van der Waals surface area (Å²) in [7, 11) is 1.74. The highest BCUT2D eigenvalue weighted by molar-refractivity contribution is 5.97. The van der Waals surface area contributed by atoms with E-state index in [0.29, 0.717) is 37.2 Å². The van der Waals surface area contributed by atoms with Gasteiger partial charge >= 0.3 is 0 Å². The molecule has 0 radical (unpaired) electrons. The molecule has 2 amide bonds. The third kappa shape index (κ3) is 5.72. The molecule has 0 unspecified atom stereocenters. The molecule has 3 aromatic carbocycles. The van der Waals surface area contributed by atoms with E-state index < -0.39 is 0 Å². The van der Waals surface area contributed by atoms with Crippen molar-refractivity contribution in [3.8, 4) is 11.4 Å². The Hall–Kier alpha value is -4.79. The fourth-order valence-electron chi connectivity index (χ4n) is 4.46. The van der Waals surface area contributed by atoms with Crippen LogP contribution in [0.25, 0.3) is 22.4 Å². The van der Waals surface area contributed by atoms with Crippen molar-refractivity contribution in [3.63, 3.8) is 0 Å². The van der Waals surface area contributed by atoms with Crippen molar-refractivity contribution in [3.05, 3.63) is 102 Å². The van der Waals surface area contributed by atoms with Crippen molar-refractivity contribution in [1.29, 1.82) is 0 Å². The topological polar surface area (TPSA) is 97.4 Å². The molecular weight excluding hydrogens is 492 g/mol. The van der Waals surface area contributed by atoms with Crippen LogP contribution in [0.4, 0.5) is 0 Å². The van der Waals surface area contributed by atoms with E-state index >= 15 is 0 Å². The van der Waals surface area contributed by atoms with Gasteiger partial charge in [-0.3, -0.25) is 9.59 Å².